The molecule has 1 heterocycles. The fourth-order valence-electron chi connectivity index (χ4n) is 4.28. The number of phenolic OH excluding ortho intramolecular Hbond substituents is 1. The summed E-state index contributed by atoms with van der Waals surface area (Å²) in [4.78, 5) is 17.6. The Labute approximate surface area is 211 Å². The molecule has 1 aliphatic rings. The molecule has 0 spiro atoms. The van der Waals surface area contributed by atoms with Gasteiger partial charge in [-0.2, -0.15) is 0 Å². The number of halogens is 1. The van der Waals surface area contributed by atoms with Gasteiger partial charge in [-0.3, -0.25) is 4.79 Å². The molecule has 3 aromatic carbocycles. The molecule has 7 nitrogen and oxygen atoms in total. The van der Waals surface area contributed by atoms with Gasteiger partial charge in [-0.1, -0.05) is 23.7 Å². The van der Waals surface area contributed by atoms with Crippen molar-refractivity contribution < 1.29 is 14.6 Å². The molecule has 0 aromatic heterocycles. The number of ether oxygens (including phenoxy) is 1. The standard InChI is InChI=1S/C27H31ClN4O3/c1-31-12-3-13-32(15-14-31)21-8-5-19(6-9-21)27(34)30-25-23(29)10-7-20(26(25)33)16-18-4-11-24(35-2)22(28)17-18/h4-11,17,33H,3,12-16,29H2,1-2H3,(H,30,34). The minimum Gasteiger partial charge on any atom is -0.505 e. The molecule has 1 aliphatic heterocycles. The van der Waals surface area contributed by atoms with E-state index in [1.807, 2.05) is 18.2 Å². The first-order chi connectivity index (χ1) is 16.9. The summed E-state index contributed by atoms with van der Waals surface area (Å²) in [5.41, 5.74) is 9.69. The largest absolute Gasteiger partial charge is 0.505 e. The second-order valence-corrected chi connectivity index (χ2v) is 9.24. The van der Waals surface area contributed by atoms with Crippen LogP contribution in [0, 0.1) is 0 Å². The number of nitrogens with two attached hydrogens (primary N) is 1. The van der Waals surface area contributed by atoms with Crippen molar-refractivity contribution in [2.24, 2.45) is 0 Å². The number of hydrogen-bond donors (Lipinski definition) is 3. The van der Waals surface area contributed by atoms with Gasteiger partial charge >= 0.3 is 0 Å². The van der Waals surface area contributed by atoms with E-state index in [2.05, 4.69) is 22.2 Å². The lowest BCUT2D eigenvalue weighted by molar-refractivity contribution is 0.102. The second kappa shape index (κ2) is 10.9. The fraction of sp³-hybridized carbons (Fsp3) is 0.296. The van der Waals surface area contributed by atoms with Crippen molar-refractivity contribution in [1.82, 2.24) is 4.90 Å². The van der Waals surface area contributed by atoms with Crippen molar-refractivity contribution in [3.8, 4) is 11.5 Å². The molecule has 0 atom stereocenters. The highest BCUT2D eigenvalue weighted by atomic mass is 35.5. The Kier molecular flexibility index (Phi) is 7.68. The number of amides is 1. The van der Waals surface area contributed by atoms with Gasteiger partial charge in [-0.15, -0.1) is 0 Å². The minimum absolute atomic E-state index is 0.0596. The molecule has 4 rings (SSSR count). The van der Waals surface area contributed by atoms with Gasteiger partial charge in [0.1, 0.15) is 17.2 Å². The summed E-state index contributed by atoms with van der Waals surface area (Å²) in [5, 5.41) is 14.2. The predicted molar refractivity (Wildman–Crippen MR) is 142 cm³/mol. The Morgan fingerprint density at radius 3 is 2.57 bits per heavy atom. The SMILES string of the molecule is COc1ccc(Cc2ccc(N)c(NC(=O)c3ccc(N4CCCN(C)CC4)cc3)c2O)cc1Cl. The average molecular weight is 495 g/mol. The van der Waals surface area contributed by atoms with Crippen molar-refractivity contribution in [3.05, 3.63) is 76.3 Å². The number of likely N-dealkylation sites (N-methyl/N-ethyl adjacent to an activating group) is 1. The van der Waals surface area contributed by atoms with Gasteiger partial charge in [0.15, 0.2) is 0 Å². The van der Waals surface area contributed by atoms with Gasteiger partial charge in [-0.25, -0.2) is 0 Å². The van der Waals surface area contributed by atoms with Crippen molar-refractivity contribution in [1.29, 1.82) is 0 Å². The minimum atomic E-state index is -0.334. The monoisotopic (exact) mass is 494 g/mol. The summed E-state index contributed by atoms with van der Waals surface area (Å²) in [6.45, 7) is 4.05. The molecule has 0 aliphatic carbocycles. The lowest BCUT2D eigenvalue weighted by Gasteiger charge is -2.23. The highest BCUT2D eigenvalue weighted by molar-refractivity contribution is 6.32. The first-order valence-corrected chi connectivity index (χ1v) is 12.0. The number of carbonyl (C=O) groups is 1. The molecule has 35 heavy (non-hydrogen) atoms. The third kappa shape index (κ3) is 5.81. The zero-order chi connectivity index (χ0) is 24.9. The number of carbonyl (C=O) groups excluding carboxylic acids is 1. The van der Waals surface area contributed by atoms with Crippen LogP contribution in [-0.4, -0.2) is 56.3 Å². The molecule has 184 valence electrons. The number of hydrogen-bond acceptors (Lipinski definition) is 6. The van der Waals surface area contributed by atoms with Crippen LogP contribution in [0.3, 0.4) is 0 Å². The van der Waals surface area contributed by atoms with Gasteiger partial charge in [-0.05, 0) is 68.0 Å². The normalized spacial score (nSPS) is 14.4. The van der Waals surface area contributed by atoms with E-state index in [9.17, 15) is 9.90 Å². The van der Waals surface area contributed by atoms with Crippen molar-refractivity contribution >= 4 is 34.6 Å². The molecule has 1 fully saturated rings. The van der Waals surface area contributed by atoms with Crippen LogP contribution in [0.5, 0.6) is 11.5 Å². The Hall–Kier alpha value is -3.42. The van der Waals surface area contributed by atoms with Gasteiger partial charge in [0.25, 0.3) is 5.91 Å². The Morgan fingerprint density at radius 2 is 1.86 bits per heavy atom. The van der Waals surface area contributed by atoms with Crippen LogP contribution in [0.1, 0.15) is 27.9 Å². The summed E-state index contributed by atoms with van der Waals surface area (Å²) in [6, 6.07) is 16.4. The van der Waals surface area contributed by atoms with E-state index in [0.717, 1.165) is 43.9 Å². The predicted octanol–water partition coefficient (Wildman–Crippen LogP) is 4.62. The van der Waals surface area contributed by atoms with E-state index in [4.69, 9.17) is 22.1 Å². The number of aromatic hydroxyl groups is 1. The summed E-state index contributed by atoms with van der Waals surface area (Å²) in [6.07, 6.45) is 1.52. The number of nitrogens with one attached hydrogen (secondary N) is 1. The number of nitrogen functional groups attached to an aromatic ring is 1. The van der Waals surface area contributed by atoms with Crippen molar-refractivity contribution in [2.75, 3.05) is 56.3 Å². The van der Waals surface area contributed by atoms with E-state index in [1.165, 1.54) is 0 Å². The topological polar surface area (TPSA) is 91.1 Å². The Balaban J connectivity index is 1.48. The van der Waals surface area contributed by atoms with Gasteiger partial charge in [0.05, 0.1) is 17.8 Å². The second-order valence-electron chi connectivity index (χ2n) is 8.83. The number of anilines is 3. The zero-order valence-corrected chi connectivity index (χ0v) is 20.8. The summed E-state index contributed by atoms with van der Waals surface area (Å²) in [7, 11) is 3.70. The molecular formula is C27H31ClN4O3. The van der Waals surface area contributed by atoms with Crippen molar-refractivity contribution in [3.63, 3.8) is 0 Å². The highest BCUT2D eigenvalue weighted by Gasteiger charge is 2.17. The van der Waals surface area contributed by atoms with E-state index >= 15 is 0 Å². The van der Waals surface area contributed by atoms with Gasteiger partial charge in [0, 0.05) is 42.9 Å². The van der Waals surface area contributed by atoms with E-state index in [1.54, 1.807) is 43.5 Å². The maximum Gasteiger partial charge on any atom is 0.255 e. The summed E-state index contributed by atoms with van der Waals surface area (Å²) >= 11 is 6.23. The fourth-order valence-corrected chi connectivity index (χ4v) is 4.56. The Morgan fingerprint density at radius 1 is 1.09 bits per heavy atom. The average Bonchev–Trinajstić information content (AvgIpc) is 3.08. The molecule has 3 aromatic rings. The molecule has 8 heteroatoms. The smallest absolute Gasteiger partial charge is 0.255 e. The van der Waals surface area contributed by atoms with E-state index in [-0.39, 0.29) is 23.0 Å². The molecule has 1 saturated heterocycles. The van der Waals surface area contributed by atoms with Crippen LogP contribution in [-0.2, 0) is 6.42 Å². The van der Waals surface area contributed by atoms with Crippen LogP contribution in [0.15, 0.2) is 54.6 Å². The molecule has 1 amide bonds. The number of rotatable bonds is 6. The molecule has 0 bridgehead atoms. The third-order valence-corrected chi connectivity index (χ3v) is 6.65. The lowest BCUT2D eigenvalue weighted by atomic mass is 10.0. The van der Waals surface area contributed by atoms with Gasteiger partial charge < -0.3 is 30.7 Å². The maximum absolute atomic E-state index is 13.0. The number of benzene rings is 3. The first kappa shape index (κ1) is 24.7. The molecule has 0 radical (unpaired) electrons. The third-order valence-electron chi connectivity index (χ3n) is 6.36. The maximum atomic E-state index is 13.0. The summed E-state index contributed by atoms with van der Waals surface area (Å²) < 4.78 is 5.20. The van der Waals surface area contributed by atoms with Crippen LogP contribution < -0.4 is 20.7 Å². The number of phenols is 1. The van der Waals surface area contributed by atoms with E-state index < -0.39 is 0 Å². The Bertz CT molecular complexity index is 1200. The zero-order valence-electron chi connectivity index (χ0n) is 20.1. The van der Waals surface area contributed by atoms with Crippen molar-refractivity contribution in [2.45, 2.75) is 12.8 Å². The quantitative estimate of drug-likeness (QED) is 0.342. The molecular weight excluding hydrogens is 464 g/mol. The van der Waals surface area contributed by atoms with Gasteiger partial charge in [0.2, 0.25) is 0 Å². The first-order valence-electron chi connectivity index (χ1n) is 11.6. The van der Waals surface area contributed by atoms with Crippen LogP contribution in [0.2, 0.25) is 5.02 Å². The molecule has 0 saturated carbocycles. The number of nitrogens with zero attached hydrogens (tertiary/aromatic N) is 2. The summed E-state index contributed by atoms with van der Waals surface area (Å²) in [5.74, 6) is 0.188. The van der Waals surface area contributed by atoms with E-state index in [0.29, 0.717) is 28.3 Å². The lowest BCUT2D eigenvalue weighted by Crippen LogP contribution is -2.28. The number of methoxy groups -OCH3 is 1. The van der Waals surface area contributed by atoms with Crippen LogP contribution in [0.25, 0.3) is 0 Å². The van der Waals surface area contributed by atoms with Crippen LogP contribution in [0.4, 0.5) is 17.1 Å². The highest BCUT2D eigenvalue weighted by Crippen LogP contribution is 2.36. The van der Waals surface area contributed by atoms with Crippen LogP contribution >= 0.6 is 11.6 Å². The molecule has 0 unspecified atom stereocenters. The molecule has 4 N–H and O–H groups in total.